The Morgan fingerprint density at radius 1 is 1.00 bits per heavy atom. The highest BCUT2D eigenvalue weighted by atomic mass is 16.3. The van der Waals surface area contributed by atoms with E-state index in [0.717, 1.165) is 37.8 Å². The van der Waals surface area contributed by atoms with Crippen LogP contribution in [0.5, 0.6) is 0 Å². The zero-order chi connectivity index (χ0) is 18.6. The largest absolute Gasteiger partial charge is 0.467 e. The smallest absolute Gasteiger partial charge is 0.224 e. The lowest BCUT2D eigenvalue weighted by Crippen LogP contribution is -2.47. The van der Waals surface area contributed by atoms with E-state index in [0.29, 0.717) is 12.5 Å². The van der Waals surface area contributed by atoms with Crippen LogP contribution in [0.3, 0.4) is 0 Å². The summed E-state index contributed by atoms with van der Waals surface area (Å²) in [5.41, 5.74) is 4.06. The van der Waals surface area contributed by atoms with Gasteiger partial charge in [0.2, 0.25) is 5.95 Å². The van der Waals surface area contributed by atoms with Gasteiger partial charge in [-0.2, -0.15) is 4.98 Å². The number of piperazine rings is 1. The molecule has 6 heteroatoms. The van der Waals surface area contributed by atoms with Crippen LogP contribution in [0, 0.1) is 13.8 Å². The zero-order valence-corrected chi connectivity index (χ0v) is 15.9. The zero-order valence-electron chi connectivity index (χ0n) is 15.9. The number of nitrogens with one attached hydrogen (secondary N) is 1. The van der Waals surface area contributed by atoms with Crippen molar-refractivity contribution in [2.24, 2.45) is 0 Å². The minimum Gasteiger partial charge on any atom is -0.467 e. The number of aryl methyl sites for hydroxylation is 1. The van der Waals surface area contributed by atoms with Gasteiger partial charge >= 0.3 is 0 Å². The highest BCUT2D eigenvalue weighted by molar-refractivity contribution is 5.57. The number of benzene rings is 1. The average Bonchev–Trinajstić information content (AvgIpc) is 3.23. The second-order valence-corrected chi connectivity index (χ2v) is 6.86. The van der Waals surface area contributed by atoms with Crippen LogP contribution in [-0.4, -0.2) is 36.1 Å². The maximum Gasteiger partial charge on any atom is 0.224 e. The highest BCUT2D eigenvalue weighted by Crippen LogP contribution is 2.25. The molecule has 140 valence electrons. The number of aromatic nitrogens is 2. The van der Waals surface area contributed by atoms with Crippen molar-refractivity contribution in [3.63, 3.8) is 0 Å². The highest BCUT2D eigenvalue weighted by Gasteiger charge is 2.20. The van der Waals surface area contributed by atoms with Crippen molar-refractivity contribution in [1.29, 1.82) is 0 Å². The number of rotatable bonds is 5. The first-order chi connectivity index (χ1) is 13.2. The molecule has 0 radical (unpaired) electrons. The van der Waals surface area contributed by atoms with Crippen LogP contribution in [-0.2, 0) is 6.54 Å². The van der Waals surface area contributed by atoms with Gasteiger partial charge in [-0.1, -0.05) is 12.1 Å². The van der Waals surface area contributed by atoms with Crippen molar-refractivity contribution in [2.45, 2.75) is 20.4 Å². The van der Waals surface area contributed by atoms with Crippen molar-refractivity contribution in [1.82, 2.24) is 9.97 Å². The minimum absolute atomic E-state index is 0.580. The summed E-state index contributed by atoms with van der Waals surface area (Å²) >= 11 is 0. The number of furan rings is 1. The minimum atomic E-state index is 0.580. The number of hydrogen-bond acceptors (Lipinski definition) is 6. The number of anilines is 3. The summed E-state index contributed by atoms with van der Waals surface area (Å²) in [6.45, 7) is 8.83. The van der Waals surface area contributed by atoms with Crippen LogP contribution >= 0.6 is 0 Å². The van der Waals surface area contributed by atoms with Crippen molar-refractivity contribution < 1.29 is 4.42 Å². The Kier molecular flexibility index (Phi) is 4.96. The Hall–Kier alpha value is -3.02. The Morgan fingerprint density at radius 3 is 2.59 bits per heavy atom. The maximum absolute atomic E-state index is 5.34. The fourth-order valence-electron chi connectivity index (χ4n) is 3.44. The molecule has 0 bridgehead atoms. The van der Waals surface area contributed by atoms with Gasteiger partial charge in [0.05, 0.1) is 12.8 Å². The molecule has 3 aromatic rings. The number of nitrogens with zero attached hydrogens (tertiary/aromatic N) is 4. The SMILES string of the molecule is Cc1cccc(N2CCN(c3ccnc(NCc4ccco4)n3)CC2)c1C. The predicted octanol–water partition coefficient (Wildman–Crippen LogP) is 3.63. The topological polar surface area (TPSA) is 57.4 Å². The van der Waals surface area contributed by atoms with Crippen LogP contribution in [0.25, 0.3) is 0 Å². The van der Waals surface area contributed by atoms with Crippen LogP contribution in [0.15, 0.2) is 53.3 Å². The third-order valence-electron chi connectivity index (χ3n) is 5.16. The van der Waals surface area contributed by atoms with Crippen LogP contribution in [0.2, 0.25) is 0 Å². The molecule has 1 N–H and O–H groups in total. The molecule has 1 fully saturated rings. The van der Waals surface area contributed by atoms with Crippen LogP contribution in [0.4, 0.5) is 17.5 Å². The Morgan fingerprint density at radius 2 is 1.81 bits per heavy atom. The van der Waals surface area contributed by atoms with E-state index in [1.807, 2.05) is 24.4 Å². The summed E-state index contributed by atoms with van der Waals surface area (Å²) in [6.07, 6.45) is 3.48. The van der Waals surface area contributed by atoms with E-state index in [4.69, 9.17) is 4.42 Å². The van der Waals surface area contributed by atoms with Gasteiger partial charge in [-0.25, -0.2) is 4.98 Å². The lowest BCUT2D eigenvalue weighted by atomic mass is 10.1. The summed E-state index contributed by atoms with van der Waals surface area (Å²) in [7, 11) is 0. The Balaban J connectivity index is 1.39. The second-order valence-electron chi connectivity index (χ2n) is 6.86. The lowest BCUT2D eigenvalue weighted by molar-refractivity contribution is 0.517. The molecule has 0 unspecified atom stereocenters. The van der Waals surface area contributed by atoms with E-state index in [1.165, 1.54) is 16.8 Å². The average molecular weight is 363 g/mol. The van der Waals surface area contributed by atoms with Gasteiger partial charge in [-0.15, -0.1) is 0 Å². The molecule has 6 nitrogen and oxygen atoms in total. The predicted molar refractivity (Wildman–Crippen MR) is 108 cm³/mol. The molecule has 0 aliphatic carbocycles. The summed E-state index contributed by atoms with van der Waals surface area (Å²) in [6, 6.07) is 12.3. The molecule has 2 aromatic heterocycles. The molecular formula is C21H25N5O. The normalized spacial score (nSPS) is 14.4. The summed E-state index contributed by atoms with van der Waals surface area (Å²) in [5, 5.41) is 3.22. The molecule has 1 aliphatic rings. The quantitative estimate of drug-likeness (QED) is 0.747. The monoisotopic (exact) mass is 363 g/mol. The van der Waals surface area contributed by atoms with Gasteiger partial charge in [0.15, 0.2) is 0 Å². The fraction of sp³-hybridized carbons (Fsp3) is 0.333. The van der Waals surface area contributed by atoms with Gasteiger partial charge < -0.3 is 19.5 Å². The first kappa shape index (κ1) is 17.4. The van der Waals surface area contributed by atoms with E-state index in [2.05, 4.69) is 57.1 Å². The molecule has 0 saturated carbocycles. The Bertz CT molecular complexity index is 885. The lowest BCUT2D eigenvalue weighted by Gasteiger charge is -2.37. The van der Waals surface area contributed by atoms with E-state index in [1.54, 1.807) is 6.26 Å². The molecule has 4 rings (SSSR count). The molecule has 3 heterocycles. The summed E-state index contributed by atoms with van der Waals surface area (Å²) in [4.78, 5) is 13.8. The van der Waals surface area contributed by atoms with Gasteiger partial charge in [-0.05, 0) is 49.2 Å². The molecule has 0 spiro atoms. The van der Waals surface area contributed by atoms with Crippen molar-refractivity contribution >= 4 is 17.5 Å². The molecule has 1 saturated heterocycles. The van der Waals surface area contributed by atoms with E-state index in [9.17, 15) is 0 Å². The van der Waals surface area contributed by atoms with E-state index < -0.39 is 0 Å². The summed E-state index contributed by atoms with van der Waals surface area (Å²) < 4.78 is 5.34. The van der Waals surface area contributed by atoms with E-state index in [-0.39, 0.29) is 0 Å². The standard InChI is InChI=1S/C21H25N5O/c1-16-5-3-7-19(17(16)2)25-10-12-26(13-11-25)20-8-9-22-21(24-20)23-15-18-6-4-14-27-18/h3-9,14H,10-13,15H2,1-2H3,(H,22,23,24). The van der Waals surface area contributed by atoms with Crippen LogP contribution < -0.4 is 15.1 Å². The van der Waals surface area contributed by atoms with E-state index >= 15 is 0 Å². The van der Waals surface area contributed by atoms with Crippen LogP contribution in [0.1, 0.15) is 16.9 Å². The first-order valence-corrected chi connectivity index (χ1v) is 9.36. The van der Waals surface area contributed by atoms with Crippen molar-refractivity contribution in [2.75, 3.05) is 41.3 Å². The molecular weight excluding hydrogens is 338 g/mol. The first-order valence-electron chi connectivity index (χ1n) is 9.36. The van der Waals surface area contributed by atoms with Gasteiger partial charge in [0, 0.05) is 38.1 Å². The van der Waals surface area contributed by atoms with Crippen molar-refractivity contribution in [3.05, 3.63) is 65.7 Å². The summed E-state index contributed by atoms with van der Waals surface area (Å²) in [5.74, 6) is 2.46. The molecule has 1 aromatic carbocycles. The van der Waals surface area contributed by atoms with Crippen molar-refractivity contribution in [3.8, 4) is 0 Å². The molecule has 0 amide bonds. The number of hydrogen-bond donors (Lipinski definition) is 1. The van der Waals surface area contributed by atoms with Gasteiger partial charge in [0.1, 0.15) is 11.6 Å². The molecule has 27 heavy (non-hydrogen) atoms. The fourth-order valence-corrected chi connectivity index (χ4v) is 3.44. The maximum atomic E-state index is 5.34. The molecule has 0 atom stereocenters. The van der Waals surface area contributed by atoms with Gasteiger partial charge in [-0.3, -0.25) is 0 Å². The second kappa shape index (κ2) is 7.70. The van der Waals surface area contributed by atoms with Gasteiger partial charge in [0.25, 0.3) is 0 Å². The third-order valence-corrected chi connectivity index (χ3v) is 5.16. The third kappa shape index (κ3) is 3.89. The Labute approximate surface area is 159 Å². The molecule has 1 aliphatic heterocycles.